The molecule has 1 fully saturated rings. The summed E-state index contributed by atoms with van der Waals surface area (Å²) in [4.78, 5) is 24.2. The predicted molar refractivity (Wildman–Crippen MR) is 69.2 cm³/mol. The van der Waals surface area contributed by atoms with E-state index in [1.165, 1.54) is 0 Å². The highest BCUT2D eigenvalue weighted by Crippen LogP contribution is 2.20. The van der Waals surface area contributed by atoms with Crippen molar-refractivity contribution >= 4 is 23.6 Å². The van der Waals surface area contributed by atoms with Crippen LogP contribution in [0.15, 0.2) is 0 Å². The second-order valence-corrected chi connectivity index (χ2v) is 5.60. The lowest BCUT2D eigenvalue weighted by molar-refractivity contribution is -0.138. The second kappa shape index (κ2) is 7.58. The first kappa shape index (κ1) is 14.4. The number of unbranched alkanes of at least 4 members (excludes halogenated alkanes) is 1. The van der Waals surface area contributed by atoms with Gasteiger partial charge >= 0.3 is 5.97 Å². The summed E-state index contributed by atoms with van der Waals surface area (Å²) in [5.41, 5.74) is 0. The van der Waals surface area contributed by atoms with Crippen LogP contribution in [0.3, 0.4) is 0 Å². The highest BCUT2D eigenvalue weighted by molar-refractivity contribution is 7.99. The Labute approximate surface area is 107 Å². The van der Waals surface area contributed by atoms with Gasteiger partial charge in [-0.15, -0.1) is 0 Å². The zero-order valence-electron chi connectivity index (χ0n) is 10.4. The van der Waals surface area contributed by atoms with Crippen LogP contribution in [-0.4, -0.2) is 46.5 Å². The lowest BCUT2D eigenvalue weighted by Crippen LogP contribution is -2.30. The Hall–Kier alpha value is -0.710. The van der Waals surface area contributed by atoms with Gasteiger partial charge in [0.05, 0.1) is 5.75 Å². The molecule has 1 unspecified atom stereocenters. The van der Waals surface area contributed by atoms with Crippen molar-refractivity contribution in [1.82, 2.24) is 4.90 Å². The van der Waals surface area contributed by atoms with Gasteiger partial charge in [0.25, 0.3) is 0 Å². The van der Waals surface area contributed by atoms with Crippen molar-refractivity contribution in [1.29, 1.82) is 0 Å². The van der Waals surface area contributed by atoms with Crippen LogP contribution in [0.5, 0.6) is 0 Å². The van der Waals surface area contributed by atoms with Gasteiger partial charge in [-0.05, 0) is 24.5 Å². The number of likely N-dealkylation sites (tertiary alicyclic amines) is 1. The zero-order valence-corrected chi connectivity index (χ0v) is 11.2. The average Bonchev–Trinajstić information content (AvgIpc) is 2.71. The van der Waals surface area contributed by atoms with E-state index in [2.05, 4.69) is 6.92 Å². The molecular formula is C12H21NO3S. The summed E-state index contributed by atoms with van der Waals surface area (Å²) >= 11 is 1.68. The van der Waals surface area contributed by atoms with Crippen LogP contribution in [0.2, 0.25) is 0 Å². The summed E-state index contributed by atoms with van der Waals surface area (Å²) in [5, 5.41) is 8.69. The van der Waals surface area contributed by atoms with Crippen molar-refractivity contribution in [3.63, 3.8) is 0 Å². The fourth-order valence-corrected chi connectivity index (χ4v) is 2.96. The molecule has 0 aromatic heterocycles. The Kier molecular flexibility index (Phi) is 6.40. The Bertz CT molecular complexity index is 270. The number of carboxylic acid groups (broad SMARTS) is 1. The van der Waals surface area contributed by atoms with E-state index in [-0.39, 0.29) is 18.2 Å². The maximum atomic E-state index is 11.8. The number of nitrogens with zero attached hydrogens (tertiary/aromatic N) is 1. The summed E-state index contributed by atoms with van der Waals surface area (Å²) in [5.74, 6) is 1.13. The van der Waals surface area contributed by atoms with Gasteiger partial charge in [0.2, 0.25) is 5.91 Å². The van der Waals surface area contributed by atoms with E-state index in [4.69, 9.17) is 5.11 Å². The van der Waals surface area contributed by atoms with Gasteiger partial charge in [0, 0.05) is 19.5 Å². The monoisotopic (exact) mass is 259 g/mol. The molecule has 0 spiro atoms. The van der Waals surface area contributed by atoms with E-state index < -0.39 is 5.97 Å². The smallest absolute Gasteiger partial charge is 0.303 e. The van der Waals surface area contributed by atoms with Gasteiger partial charge in [-0.25, -0.2) is 0 Å². The molecule has 5 heteroatoms. The predicted octanol–water partition coefficient (Wildman–Crippen LogP) is 1.84. The molecule has 0 aromatic rings. The average molecular weight is 259 g/mol. The SMILES string of the molecule is CCCCSCC(=O)N1CCC(CC(=O)O)C1. The van der Waals surface area contributed by atoms with Crippen molar-refractivity contribution in [3.05, 3.63) is 0 Å². The summed E-state index contributed by atoms with van der Waals surface area (Å²) in [6, 6.07) is 0. The number of carbonyl (C=O) groups excluding carboxylic acids is 1. The molecule has 0 bridgehead atoms. The number of carbonyl (C=O) groups is 2. The van der Waals surface area contributed by atoms with Crippen LogP contribution in [0.4, 0.5) is 0 Å². The molecule has 0 saturated carbocycles. The van der Waals surface area contributed by atoms with Gasteiger partial charge in [-0.2, -0.15) is 11.8 Å². The number of rotatable bonds is 7. The highest BCUT2D eigenvalue weighted by Gasteiger charge is 2.27. The molecule has 17 heavy (non-hydrogen) atoms. The van der Waals surface area contributed by atoms with Crippen LogP contribution in [0.25, 0.3) is 0 Å². The third-order valence-electron chi connectivity index (χ3n) is 2.97. The van der Waals surface area contributed by atoms with Gasteiger partial charge in [-0.3, -0.25) is 9.59 Å². The number of hydrogen-bond acceptors (Lipinski definition) is 3. The molecule has 98 valence electrons. The summed E-state index contributed by atoms with van der Waals surface area (Å²) in [7, 11) is 0. The van der Waals surface area contributed by atoms with Crippen molar-refractivity contribution in [2.75, 3.05) is 24.6 Å². The molecule has 1 N–H and O–H groups in total. The van der Waals surface area contributed by atoms with Crippen molar-refractivity contribution in [3.8, 4) is 0 Å². The molecule has 4 nitrogen and oxygen atoms in total. The summed E-state index contributed by atoms with van der Waals surface area (Å²) in [6.07, 6.45) is 3.33. The topological polar surface area (TPSA) is 57.6 Å². The van der Waals surface area contributed by atoms with E-state index in [0.717, 1.165) is 31.6 Å². The quantitative estimate of drug-likeness (QED) is 0.709. The number of aliphatic carboxylic acids is 1. The number of carboxylic acids is 1. The normalized spacial score (nSPS) is 19.6. The Balaban J connectivity index is 2.18. The second-order valence-electron chi connectivity index (χ2n) is 4.50. The third-order valence-corrected chi connectivity index (χ3v) is 4.00. The van der Waals surface area contributed by atoms with Gasteiger partial charge < -0.3 is 10.0 Å². The maximum Gasteiger partial charge on any atom is 0.303 e. The van der Waals surface area contributed by atoms with Crippen molar-refractivity contribution in [2.45, 2.75) is 32.6 Å². The molecule has 1 heterocycles. The first-order valence-electron chi connectivity index (χ1n) is 6.20. The minimum absolute atomic E-state index is 0.150. The number of thioether (sulfide) groups is 1. The number of hydrogen-bond donors (Lipinski definition) is 1. The third kappa shape index (κ3) is 5.44. The number of amides is 1. The summed E-state index contributed by atoms with van der Waals surface area (Å²) in [6.45, 7) is 3.49. The molecule has 1 saturated heterocycles. The van der Waals surface area contributed by atoms with Gasteiger partial charge in [-0.1, -0.05) is 13.3 Å². The van der Waals surface area contributed by atoms with E-state index in [1.54, 1.807) is 11.8 Å². The fourth-order valence-electron chi connectivity index (χ4n) is 1.97. The minimum atomic E-state index is -0.762. The highest BCUT2D eigenvalue weighted by atomic mass is 32.2. The lowest BCUT2D eigenvalue weighted by atomic mass is 10.1. The molecule has 0 aromatic carbocycles. The molecule has 1 aliphatic heterocycles. The first-order valence-corrected chi connectivity index (χ1v) is 7.36. The molecule has 0 radical (unpaired) electrons. The van der Waals surface area contributed by atoms with Crippen LogP contribution in [-0.2, 0) is 9.59 Å². The van der Waals surface area contributed by atoms with Crippen molar-refractivity contribution in [2.24, 2.45) is 5.92 Å². The summed E-state index contributed by atoms with van der Waals surface area (Å²) < 4.78 is 0. The standard InChI is InChI=1S/C12H21NO3S/c1-2-3-6-17-9-11(14)13-5-4-10(8-13)7-12(15)16/h10H,2-9H2,1H3,(H,15,16). The largest absolute Gasteiger partial charge is 0.481 e. The maximum absolute atomic E-state index is 11.8. The Morgan fingerprint density at radius 2 is 2.24 bits per heavy atom. The first-order chi connectivity index (χ1) is 8.13. The molecule has 1 rings (SSSR count). The fraction of sp³-hybridized carbons (Fsp3) is 0.833. The van der Waals surface area contributed by atoms with Crippen LogP contribution in [0, 0.1) is 5.92 Å². The van der Waals surface area contributed by atoms with Crippen LogP contribution in [0.1, 0.15) is 32.6 Å². The van der Waals surface area contributed by atoms with Crippen molar-refractivity contribution < 1.29 is 14.7 Å². The van der Waals surface area contributed by atoms with E-state index in [9.17, 15) is 9.59 Å². The molecule has 1 atom stereocenters. The lowest BCUT2D eigenvalue weighted by Gasteiger charge is -2.15. The molecule has 1 amide bonds. The molecule has 0 aliphatic carbocycles. The van der Waals surface area contributed by atoms with Crippen LogP contribution < -0.4 is 0 Å². The van der Waals surface area contributed by atoms with E-state index >= 15 is 0 Å². The van der Waals surface area contributed by atoms with E-state index in [0.29, 0.717) is 12.3 Å². The van der Waals surface area contributed by atoms with E-state index in [1.807, 2.05) is 4.90 Å². The Morgan fingerprint density at radius 3 is 2.88 bits per heavy atom. The van der Waals surface area contributed by atoms with Crippen LogP contribution >= 0.6 is 11.8 Å². The zero-order chi connectivity index (χ0) is 12.7. The van der Waals surface area contributed by atoms with Gasteiger partial charge in [0.1, 0.15) is 0 Å². The van der Waals surface area contributed by atoms with Gasteiger partial charge in [0.15, 0.2) is 0 Å². The minimum Gasteiger partial charge on any atom is -0.481 e. The Morgan fingerprint density at radius 1 is 1.47 bits per heavy atom. The molecule has 1 aliphatic rings. The molecular weight excluding hydrogens is 238 g/mol.